The molecular formula is C66H134Y6-6. The smallest absolute Gasteiger partial charge is 0 e. The van der Waals surface area contributed by atoms with E-state index in [1.807, 2.05) is 0 Å². The fourth-order valence-electron chi connectivity index (χ4n) is 8.74. The van der Waals surface area contributed by atoms with Crippen LogP contribution < -0.4 is 0 Å². The van der Waals surface area contributed by atoms with Crippen molar-refractivity contribution >= 4 is 0 Å². The average Bonchev–Trinajstić information content (AvgIpc) is 3.31. The molecule has 0 aliphatic rings. The summed E-state index contributed by atoms with van der Waals surface area (Å²) in [5, 5.41) is 0. The largest absolute Gasteiger partial charge is 0.331 e. The van der Waals surface area contributed by atoms with Gasteiger partial charge in [0, 0.05) is 196 Å². The zero-order chi connectivity index (χ0) is 49.8. The maximum absolute atomic E-state index is 2.55. The summed E-state index contributed by atoms with van der Waals surface area (Å²) in [7, 11) is 0. The monoisotopic (exact) mass is 1460 g/mol. The van der Waals surface area contributed by atoms with Gasteiger partial charge in [-0.05, 0) is 0 Å². The Bertz CT molecular complexity index is 771. The third-order valence-electron chi connectivity index (χ3n) is 13.7. The van der Waals surface area contributed by atoms with Crippen LogP contribution in [-0.2, 0) is 196 Å². The number of hydrogen-bond donors (Lipinski definition) is 0. The van der Waals surface area contributed by atoms with Gasteiger partial charge in [0.15, 0.2) is 0 Å². The van der Waals surface area contributed by atoms with Gasteiger partial charge in [-0.15, -0.1) is 0 Å². The molecule has 5 atom stereocenters. The van der Waals surface area contributed by atoms with E-state index in [1.165, 1.54) is 270 Å². The molecule has 0 saturated carbocycles. The second-order valence-electron chi connectivity index (χ2n) is 21.6. The summed E-state index contributed by atoms with van der Waals surface area (Å²) in [5.41, 5.74) is 0. The van der Waals surface area contributed by atoms with E-state index in [4.69, 9.17) is 0 Å². The summed E-state index contributed by atoms with van der Waals surface area (Å²) >= 11 is 0. The van der Waals surface area contributed by atoms with Crippen molar-refractivity contribution in [1.29, 1.82) is 0 Å². The third-order valence-corrected chi connectivity index (χ3v) is 13.7. The van der Waals surface area contributed by atoms with Crippen LogP contribution in [0.3, 0.4) is 0 Å². The number of rotatable bonds is 49. The molecule has 0 aliphatic heterocycles. The van der Waals surface area contributed by atoms with Gasteiger partial charge in [-0.2, -0.15) is 55.3 Å². The fraction of sp³-hybridized carbons (Fsp3) is 0.909. The van der Waals surface area contributed by atoms with Crippen LogP contribution in [0.4, 0.5) is 0 Å². The molecule has 0 rings (SSSR count). The average molecular weight is 1460 g/mol. The van der Waals surface area contributed by atoms with E-state index in [1.54, 1.807) is 0 Å². The number of unbranched alkanes of at least 4 members (excludes halogenated alkanes) is 31. The minimum Gasteiger partial charge on any atom is -0.331 e. The maximum atomic E-state index is 2.55. The second-order valence-corrected chi connectivity index (χ2v) is 21.6. The molecule has 0 aromatic rings. The molecule has 0 N–H and O–H groups in total. The van der Waals surface area contributed by atoms with E-state index in [0.29, 0.717) is 0 Å². The third kappa shape index (κ3) is 102. The minimum atomic E-state index is 0. The molecule has 0 nitrogen and oxygen atoms in total. The molecule has 6 heteroatoms. The van der Waals surface area contributed by atoms with Crippen molar-refractivity contribution in [2.45, 2.75) is 360 Å². The molecule has 0 bridgehead atoms. The van der Waals surface area contributed by atoms with Crippen LogP contribution in [0.1, 0.15) is 360 Å². The van der Waals surface area contributed by atoms with Crippen molar-refractivity contribution in [2.24, 2.45) is 29.6 Å². The van der Waals surface area contributed by atoms with E-state index in [0.717, 1.165) is 29.6 Å². The summed E-state index contributed by atoms with van der Waals surface area (Å²) in [6.07, 6.45) is 73.7. The van der Waals surface area contributed by atoms with Crippen molar-refractivity contribution in [3.63, 3.8) is 0 Å². The van der Waals surface area contributed by atoms with Crippen LogP contribution in [0.2, 0.25) is 0 Å². The van der Waals surface area contributed by atoms with Crippen LogP contribution in [-0.4, -0.2) is 0 Å². The SMILES string of the molecule is CCCCCCCCCCCCCCC.CCCCCCC[CH-]C(C)CCCCCC.CCCCCCC[CH-]C(C)C[CH-]C(C)CCC.CC[CH-]CC(C)[CH-]CC(C)[CH-]CCCCCCC.[Y].[Y].[Y].[Y].[Y].[Y]. The molecule has 0 amide bonds. The summed E-state index contributed by atoms with van der Waals surface area (Å²) in [6.45, 7) is 30.0. The first-order valence-corrected chi connectivity index (χ1v) is 31.1. The topological polar surface area (TPSA) is 0 Å². The summed E-state index contributed by atoms with van der Waals surface area (Å²) < 4.78 is 0. The zero-order valence-corrected chi connectivity index (χ0v) is 69.5. The van der Waals surface area contributed by atoms with Crippen LogP contribution in [0.25, 0.3) is 0 Å². The van der Waals surface area contributed by atoms with Gasteiger partial charge in [0.2, 0.25) is 0 Å². The Morgan fingerprint density at radius 1 is 0.222 bits per heavy atom. The van der Waals surface area contributed by atoms with Gasteiger partial charge in [-0.1, -0.05) is 315 Å². The van der Waals surface area contributed by atoms with E-state index in [-0.39, 0.29) is 196 Å². The molecular weight excluding hydrogens is 1330 g/mol. The fourth-order valence-corrected chi connectivity index (χ4v) is 8.74. The molecule has 0 aliphatic carbocycles. The minimum absolute atomic E-state index is 0. The Balaban J connectivity index is -0.0000000867. The standard InChI is InChI=1S/C18H35.C17H34.C16H33.C15H32.6Y/c1-5-7-9-10-11-12-14-18(4)16-15-17(3)13-8-6-2;1-5-7-8-9-10-11-13-17(4)15-14-16(3)12-6-2;1-4-6-8-10-11-13-15-16(3)14-12-9-7-5-2;1-3-5-7-9-11-13-15-14-12-10-8-6-4-2;;;;;;/h8,14-15,17-18H,5-7,9-13,16H2,1-4H3;13-14,16-17H,5-12,15H2,1-4H3;15-16H,4-14H2,1-3H3;3-15H2,1-2H3;;;;;;/q-3;-2;-1;;;;;;;. The van der Waals surface area contributed by atoms with Gasteiger partial charge in [0.1, 0.15) is 0 Å². The quantitative estimate of drug-likeness (QED) is 0.0421. The van der Waals surface area contributed by atoms with Crippen LogP contribution >= 0.6 is 0 Å². The predicted octanol–water partition coefficient (Wildman–Crippen LogP) is 24.9. The molecule has 422 valence electrons. The van der Waals surface area contributed by atoms with E-state index in [9.17, 15) is 0 Å². The second kappa shape index (κ2) is 94.0. The molecule has 6 radical (unpaired) electrons. The van der Waals surface area contributed by atoms with Gasteiger partial charge in [0.25, 0.3) is 0 Å². The Hall–Kier alpha value is 6.62. The first-order chi connectivity index (χ1) is 32.1. The van der Waals surface area contributed by atoms with Crippen molar-refractivity contribution < 1.29 is 196 Å². The molecule has 0 saturated heterocycles. The predicted molar refractivity (Wildman–Crippen MR) is 311 cm³/mol. The summed E-state index contributed by atoms with van der Waals surface area (Å²) in [6, 6.07) is 0. The normalized spacial score (nSPS) is 12.3. The molecule has 0 spiro atoms. The Morgan fingerprint density at radius 2 is 0.458 bits per heavy atom. The van der Waals surface area contributed by atoms with Crippen LogP contribution in [0.15, 0.2) is 0 Å². The Morgan fingerprint density at radius 3 is 0.750 bits per heavy atom. The zero-order valence-electron chi connectivity index (χ0n) is 52.5. The molecule has 0 fully saturated rings. The van der Waals surface area contributed by atoms with E-state index < -0.39 is 0 Å². The van der Waals surface area contributed by atoms with Crippen LogP contribution in [0, 0.1) is 68.1 Å². The van der Waals surface area contributed by atoms with Gasteiger partial charge in [-0.25, -0.2) is 19.3 Å². The van der Waals surface area contributed by atoms with Gasteiger partial charge in [-0.3, -0.25) is 0 Å². The maximum Gasteiger partial charge on any atom is 0 e. The van der Waals surface area contributed by atoms with Crippen molar-refractivity contribution in [1.82, 2.24) is 0 Å². The summed E-state index contributed by atoms with van der Waals surface area (Å²) in [5.74, 6) is 3.95. The molecule has 5 unspecified atom stereocenters. The van der Waals surface area contributed by atoms with Crippen molar-refractivity contribution in [3.8, 4) is 0 Å². The Kier molecular flexibility index (Phi) is 131. The van der Waals surface area contributed by atoms with E-state index >= 15 is 0 Å². The van der Waals surface area contributed by atoms with Gasteiger partial charge >= 0.3 is 0 Å². The Labute approximate surface area is 614 Å². The van der Waals surface area contributed by atoms with Gasteiger partial charge < -0.3 is 38.5 Å². The van der Waals surface area contributed by atoms with Gasteiger partial charge in [0.05, 0.1) is 0 Å². The molecule has 0 aromatic heterocycles. The first-order valence-electron chi connectivity index (χ1n) is 31.1. The first kappa shape index (κ1) is 101. The van der Waals surface area contributed by atoms with Crippen molar-refractivity contribution in [2.75, 3.05) is 0 Å². The molecule has 0 aromatic carbocycles. The molecule has 72 heavy (non-hydrogen) atoms. The van der Waals surface area contributed by atoms with Crippen LogP contribution in [0.5, 0.6) is 0 Å². The van der Waals surface area contributed by atoms with Crippen molar-refractivity contribution in [3.05, 3.63) is 38.5 Å². The molecule has 0 heterocycles. The van der Waals surface area contributed by atoms with E-state index in [2.05, 4.69) is 129 Å². The summed E-state index contributed by atoms with van der Waals surface area (Å²) in [4.78, 5) is 0. The number of hydrogen-bond acceptors (Lipinski definition) is 0.